The van der Waals surface area contributed by atoms with Gasteiger partial charge in [-0.1, -0.05) is 18.2 Å². The van der Waals surface area contributed by atoms with Gasteiger partial charge in [-0.05, 0) is 48.6 Å². The second-order valence-corrected chi connectivity index (χ2v) is 6.58. The van der Waals surface area contributed by atoms with Crippen molar-refractivity contribution in [1.82, 2.24) is 20.0 Å². The number of likely N-dealkylation sites (N-methyl/N-ethyl adjacent to an activating group) is 1. The number of nitrogens with one attached hydrogen (secondary N) is 1. The lowest BCUT2D eigenvalue weighted by molar-refractivity contribution is 0.289. The molecule has 1 aromatic carbocycles. The summed E-state index contributed by atoms with van der Waals surface area (Å²) in [6, 6.07) is 12.8. The molecule has 0 bridgehead atoms. The van der Waals surface area contributed by atoms with Crippen LogP contribution in [0.3, 0.4) is 0 Å². The van der Waals surface area contributed by atoms with Crippen LogP contribution in [-0.2, 0) is 6.54 Å². The largest absolute Gasteiger partial charge is 0.311 e. The SMILES string of the molecule is CN(C)C(CNCc1cnn(-c2ccccc2)c1)c1ccsc1. The summed E-state index contributed by atoms with van der Waals surface area (Å²) < 4.78 is 1.92. The number of aromatic nitrogens is 2. The van der Waals surface area contributed by atoms with Crippen molar-refractivity contribution in [2.24, 2.45) is 0 Å². The highest BCUT2D eigenvalue weighted by atomic mass is 32.1. The van der Waals surface area contributed by atoms with Crippen LogP contribution in [0.1, 0.15) is 17.2 Å². The van der Waals surface area contributed by atoms with Gasteiger partial charge in [0.05, 0.1) is 11.9 Å². The number of hydrogen-bond donors (Lipinski definition) is 1. The quantitative estimate of drug-likeness (QED) is 0.723. The third-order valence-corrected chi connectivity index (χ3v) is 4.58. The fraction of sp³-hybridized carbons (Fsp3) is 0.278. The molecule has 0 fully saturated rings. The molecule has 23 heavy (non-hydrogen) atoms. The van der Waals surface area contributed by atoms with E-state index < -0.39 is 0 Å². The first-order chi connectivity index (χ1) is 11.2. The normalized spacial score (nSPS) is 12.7. The average Bonchev–Trinajstić information content (AvgIpc) is 3.24. The van der Waals surface area contributed by atoms with Gasteiger partial charge in [-0.2, -0.15) is 16.4 Å². The van der Waals surface area contributed by atoms with Crippen LogP contribution in [0.15, 0.2) is 59.6 Å². The van der Waals surface area contributed by atoms with Gasteiger partial charge in [-0.3, -0.25) is 0 Å². The Balaban J connectivity index is 1.57. The van der Waals surface area contributed by atoms with E-state index in [4.69, 9.17) is 0 Å². The smallest absolute Gasteiger partial charge is 0.0645 e. The van der Waals surface area contributed by atoms with Crippen LogP contribution in [0.4, 0.5) is 0 Å². The molecule has 2 aromatic heterocycles. The highest BCUT2D eigenvalue weighted by Gasteiger charge is 2.14. The van der Waals surface area contributed by atoms with Crippen molar-refractivity contribution in [1.29, 1.82) is 0 Å². The molecule has 3 aromatic rings. The van der Waals surface area contributed by atoms with E-state index >= 15 is 0 Å². The van der Waals surface area contributed by atoms with Gasteiger partial charge in [0.25, 0.3) is 0 Å². The molecule has 0 saturated heterocycles. The first kappa shape index (κ1) is 15.9. The molecule has 1 N–H and O–H groups in total. The van der Waals surface area contributed by atoms with E-state index in [0.29, 0.717) is 6.04 Å². The molecule has 0 aliphatic rings. The number of hydrogen-bond acceptors (Lipinski definition) is 4. The zero-order valence-corrected chi connectivity index (χ0v) is 14.3. The van der Waals surface area contributed by atoms with Gasteiger partial charge >= 0.3 is 0 Å². The highest BCUT2D eigenvalue weighted by molar-refractivity contribution is 7.07. The van der Waals surface area contributed by atoms with E-state index in [1.165, 1.54) is 11.1 Å². The van der Waals surface area contributed by atoms with Gasteiger partial charge < -0.3 is 10.2 Å². The van der Waals surface area contributed by atoms with Gasteiger partial charge in [0.15, 0.2) is 0 Å². The Morgan fingerprint density at radius 1 is 1.22 bits per heavy atom. The van der Waals surface area contributed by atoms with Crippen LogP contribution in [0.2, 0.25) is 0 Å². The lowest BCUT2D eigenvalue weighted by atomic mass is 10.1. The summed E-state index contributed by atoms with van der Waals surface area (Å²) in [5.41, 5.74) is 3.65. The van der Waals surface area contributed by atoms with Crippen molar-refractivity contribution in [3.05, 3.63) is 70.7 Å². The Morgan fingerprint density at radius 3 is 2.74 bits per heavy atom. The summed E-state index contributed by atoms with van der Waals surface area (Å²) >= 11 is 1.75. The maximum absolute atomic E-state index is 4.44. The first-order valence-corrected chi connectivity index (χ1v) is 8.66. The van der Waals surface area contributed by atoms with Crippen LogP contribution in [0.25, 0.3) is 5.69 Å². The number of thiophene rings is 1. The monoisotopic (exact) mass is 326 g/mol. The van der Waals surface area contributed by atoms with Crippen LogP contribution < -0.4 is 5.32 Å². The van der Waals surface area contributed by atoms with E-state index in [2.05, 4.69) is 64.6 Å². The zero-order valence-electron chi connectivity index (χ0n) is 13.5. The molecule has 2 heterocycles. The standard InChI is InChI=1S/C18H22N4S/c1-21(2)18(16-8-9-23-14-16)12-19-10-15-11-20-22(13-15)17-6-4-3-5-7-17/h3-9,11,13-14,18-19H,10,12H2,1-2H3. The molecule has 0 saturated carbocycles. The van der Waals surface area contributed by atoms with Crippen LogP contribution in [-0.4, -0.2) is 35.3 Å². The highest BCUT2D eigenvalue weighted by Crippen LogP contribution is 2.20. The molecule has 0 aliphatic heterocycles. The Labute approximate surface area is 141 Å². The number of benzene rings is 1. The number of para-hydroxylation sites is 1. The lowest BCUT2D eigenvalue weighted by Crippen LogP contribution is -2.30. The van der Waals surface area contributed by atoms with Crippen molar-refractivity contribution in [2.75, 3.05) is 20.6 Å². The first-order valence-electron chi connectivity index (χ1n) is 7.72. The van der Waals surface area contributed by atoms with Crippen molar-refractivity contribution in [3.8, 4) is 5.69 Å². The fourth-order valence-corrected chi connectivity index (χ4v) is 3.30. The second-order valence-electron chi connectivity index (χ2n) is 5.80. The van der Waals surface area contributed by atoms with Gasteiger partial charge in [0.1, 0.15) is 0 Å². The Morgan fingerprint density at radius 2 is 2.04 bits per heavy atom. The molecule has 0 aliphatic carbocycles. The van der Waals surface area contributed by atoms with E-state index in [1.807, 2.05) is 29.1 Å². The lowest BCUT2D eigenvalue weighted by Gasteiger charge is -2.24. The molecule has 0 amide bonds. The van der Waals surface area contributed by atoms with E-state index in [-0.39, 0.29) is 0 Å². The molecular weight excluding hydrogens is 304 g/mol. The van der Waals surface area contributed by atoms with Crippen molar-refractivity contribution in [3.63, 3.8) is 0 Å². The molecular formula is C18H22N4S. The molecule has 1 unspecified atom stereocenters. The predicted octanol–water partition coefficient (Wildman–Crippen LogP) is 3.33. The predicted molar refractivity (Wildman–Crippen MR) is 96.0 cm³/mol. The van der Waals surface area contributed by atoms with E-state index in [0.717, 1.165) is 18.8 Å². The maximum atomic E-state index is 4.44. The van der Waals surface area contributed by atoms with E-state index in [9.17, 15) is 0 Å². The summed E-state index contributed by atoms with van der Waals surface area (Å²) in [6.45, 7) is 1.74. The minimum absolute atomic E-state index is 0.394. The Bertz CT molecular complexity index is 704. The number of rotatable bonds is 7. The second kappa shape index (κ2) is 7.55. The average molecular weight is 326 g/mol. The van der Waals surface area contributed by atoms with Crippen LogP contribution in [0, 0.1) is 0 Å². The number of nitrogens with zero attached hydrogens (tertiary/aromatic N) is 3. The summed E-state index contributed by atoms with van der Waals surface area (Å²) in [7, 11) is 4.24. The molecule has 0 spiro atoms. The molecule has 4 nitrogen and oxygen atoms in total. The van der Waals surface area contributed by atoms with E-state index in [1.54, 1.807) is 11.3 Å². The van der Waals surface area contributed by atoms with Crippen LogP contribution in [0.5, 0.6) is 0 Å². The molecule has 0 radical (unpaired) electrons. The zero-order chi connectivity index (χ0) is 16.1. The van der Waals surface area contributed by atoms with Gasteiger partial charge in [-0.25, -0.2) is 4.68 Å². The molecule has 5 heteroatoms. The van der Waals surface area contributed by atoms with Crippen LogP contribution >= 0.6 is 11.3 Å². The summed E-state index contributed by atoms with van der Waals surface area (Å²) in [5, 5.41) is 12.3. The third-order valence-electron chi connectivity index (χ3n) is 3.87. The summed E-state index contributed by atoms with van der Waals surface area (Å²) in [4.78, 5) is 2.25. The Kier molecular flexibility index (Phi) is 5.23. The topological polar surface area (TPSA) is 33.1 Å². The molecule has 120 valence electrons. The van der Waals surface area contributed by atoms with Gasteiger partial charge in [0.2, 0.25) is 0 Å². The Hall–Kier alpha value is -1.95. The van der Waals surface area contributed by atoms with Gasteiger partial charge in [-0.15, -0.1) is 0 Å². The molecule has 1 atom stereocenters. The summed E-state index contributed by atoms with van der Waals surface area (Å²) in [6.07, 6.45) is 4.01. The minimum Gasteiger partial charge on any atom is -0.311 e. The fourth-order valence-electron chi connectivity index (χ4n) is 2.59. The minimum atomic E-state index is 0.394. The summed E-state index contributed by atoms with van der Waals surface area (Å²) in [5.74, 6) is 0. The van der Waals surface area contributed by atoms with Gasteiger partial charge in [0, 0.05) is 30.9 Å². The molecule has 3 rings (SSSR count). The van der Waals surface area contributed by atoms with Crippen molar-refractivity contribution in [2.45, 2.75) is 12.6 Å². The maximum Gasteiger partial charge on any atom is 0.0645 e. The third kappa shape index (κ3) is 4.07. The van der Waals surface area contributed by atoms with Crippen molar-refractivity contribution >= 4 is 11.3 Å². The van der Waals surface area contributed by atoms with Crippen molar-refractivity contribution < 1.29 is 0 Å².